The van der Waals surface area contributed by atoms with E-state index < -0.39 is 0 Å². The molecule has 0 N–H and O–H groups in total. The van der Waals surface area contributed by atoms with Crippen LogP contribution in [0.4, 0.5) is 68.2 Å². The fraction of sp³-hybridized carbons (Fsp3) is 0.132. The van der Waals surface area contributed by atoms with Crippen LogP contribution >= 0.6 is 0 Å². The summed E-state index contributed by atoms with van der Waals surface area (Å²) >= 11 is 0. The number of nitrogens with zero attached hydrogens (tertiary/aromatic N) is 4. The summed E-state index contributed by atoms with van der Waals surface area (Å²) in [6.07, 6.45) is 0. The zero-order chi connectivity index (χ0) is 56.0. The third-order valence-corrected chi connectivity index (χ3v) is 18.3. The second kappa shape index (κ2) is 18.7. The van der Waals surface area contributed by atoms with Gasteiger partial charge in [-0.3, -0.25) is 0 Å². The zero-order valence-electron chi connectivity index (χ0n) is 48.6. The maximum Gasteiger partial charge on any atom is 0.252 e. The number of aryl methyl sites for hydroxylation is 10. The average Bonchev–Trinajstić information content (AvgIpc) is 1.80. The summed E-state index contributed by atoms with van der Waals surface area (Å²) in [5.74, 6) is 0. The summed E-state index contributed by atoms with van der Waals surface area (Å²) in [4.78, 5) is 10.4. The van der Waals surface area contributed by atoms with E-state index in [0.29, 0.717) is 0 Å². The van der Waals surface area contributed by atoms with Crippen molar-refractivity contribution in [3.05, 3.63) is 262 Å². The fourth-order valence-corrected chi connectivity index (χ4v) is 14.4. The molecular weight excluding hydrogens is 990 g/mol. The summed E-state index contributed by atoms with van der Waals surface area (Å²) in [6.45, 7) is 22.2. The molecule has 6 heteroatoms. The largest absolute Gasteiger partial charge is 0.311 e. The van der Waals surface area contributed by atoms with Gasteiger partial charge in [0.25, 0.3) is 13.4 Å². The number of hydrogen-bond acceptors (Lipinski definition) is 4. The Kier molecular flexibility index (Phi) is 11.3. The molecule has 11 aromatic rings. The SMILES string of the molecule is Cc1ccc(N2c3ccc(C)cc3B3c4cc5c(cc4N(c4ccc(C)cc4)c4cc(-c6c(C)cccc6C)cc2c43)N(c2ccc(C)cc2)c2cc(-c3c(C)cccc3C)cc3c2B5c2cc(C)ccc2N3c2ccc(C)cc2)cc1. The van der Waals surface area contributed by atoms with Gasteiger partial charge in [-0.05, 0) is 238 Å². The van der Waals surface area contributed by atoms with Crippen molar-refractivity contribution in [3.63, 3.8) is 0 Å². The average molecular weight is 1050 g/mol. The van der Waals surface area contributed by atoms with Gasteiger partial charge in [0.15, 0.2) is 0 Å². The molecule has 4 heterocycles. The molecule has 0 amide bonds. The van der Waals surface area contributed by atoms with Crippen molar-refractivity contribution in [3.8, 4) is 22.3 Å². The van der Waals surface area contributed by atoms with E-state index in [1.807, 2.05) is 0 Å². The van der Waals surface area contributed by atoms with E-state index in [2.05, 4.69) is 295 Å². The van der Waals surface area contributed by atoms with Crippen molar-refractivity contribution < 1.29 is 0 Å². The van der Waals surface area contributed by atoms with E-state index >= 15 is 0 Å². The molecule has 0 atom stereocenters. The van der Waals surface area contributed by atoms with Crippen LogP contribution in [0, 0.1) is 69.2 Å². The molecule has 0 fully saturated rings. The Bertz CT molecular complexity index is 4140. The van der Waals surface area contributed by atoms with Gasteiger partial charge < -0.3 is 19.6 Å². The molecule has 4 nitrogen and oxygen atoms in total. The minimum atomic E-state index is -0.0969. The van der Waals surface area contributed by atoms with Gasteiger partial charge in [0.1, 0.15) is 0 Å². The van der Waals surface area contributed by atoms with Crippen LogP contribution in [-0.2, 0) is 0 Å². The smallest absolute Gasteiger partial charge is 0.252 e. The van der Waals surface area contributed by atoms with Crippen LogP contribution in [0.15, 0.2) is 206 Å². The lowest BCUT2D eigenvalue weighted by molar-refractivity contribution is 1.22. The Morgan fingerprint density at radius 3 is 0.805 bits per heavy atom. The monoisotopic (exact) mass is 1050 g/mol. The predicted octanol–water partition coefficient (Wildman–Crippen LogP) is 16.3. The fourth-order valence-electron chi connectivity index (χ4n) is 14.4. The highest BCUT2D eigenvalue weighted by molar-refractivity contribution is 7.03. The van der Waals surface area contributed by atoms with Gasteiger partial charge in [-0.15, -0.1) is 0 Å². The molecule has 0 saturated carbocycles. The van der Waals surface area contributed by atoms with Gasteiger partial charge in [0.2, 0.25) is 0 Å². The summed E-state index contributed by atoms with van der Waals surface area (Å²) < 4.78 is 0. The third kappa shape index (κ3) is 7.60. The number of fused-ring (bicyclic) bond motifs is 8. The van der Waals surface area contributed by atoms with Crippen LogP contribution < -0.4 is 52.4 Å². The highest BCUT2D eigenvalue weighted by Gasteiger charge is 2.49. The molecule has 0 saturated heterocycles. The minimum Gasteiger partial charge on any atom is -0.311 e. The molecule has 0 aliphatic carbocycles. The summed E-state index contributed by atoms with van der Waals surface area (Å²) in [6, 6.07) is 79.9. The first kappa shape index (κ1) is 49.8. The second-order valence-electron chi connectivity index (χ2n) is 24.0. The Morgan fingerprint density at radius 2 is 0.500 bits per heavy atom. The summed E-state index contributed by atoms with van der Waals surface area (Å²) in [7, 11) is 0. The van der Waals surface area contributed by atoms with E-state index in [9.17, 15) is 0 Å². The number of anilines is 12. The number of benzene rings is 11. The first-order chi connectivity index (χ1) is 39.8. The highest BCUT2D eigenvalue weighted by Crippen LogP contribution is 2.51. The van der Waals surface area contributed by atoms with Gasteiger partial charge in [-0.1, -0.05) is 149 Å². The molecule has 394 valence electrons. The Labute approximate surface area is 484 Å². The third-order valence-electron chi connectivity index (χ3n) is 18.3. The van der Waals surface area contributed by atoms with Crippen molar-refractivity contribution in [2.75, 3.05) is 19.6 Å². The highest BCUT2D eigenvalue weighted by atomic mass is 15.2. The van der Waals surface area contributed by atoms with Crippen LogP contribution in [0.5, 0.6) is 0 Å². The summed E-state index contributed by atoms with van der Waals surface area (Å²) in [5.41, 5.74) is 39.5. The topological polar surface area (TPSA) is 13.0 Å². The van der Waals surface area contributed by atoms with Crippen LogP contribution in [0.1, 0.15) is 55.6 Å². The molecule has 82 heavy (non-hydrogen) atoms. The second-order valence-corrected chi connectivity index (χ2v) is 24.0. The quantitative estimate of drug-likeness (QED) is 0.154. The van der Waals surface area contributed by atoms with E-state index in [0.717, 1.165) is 22.7 Å². The lowest BCUT2D eigenvalue weighted by Crippen LogP contribution is -2.65. The Morgan fingerprint density at radius 1 is 0.232 bits per heavy atom. The molecule has 15 rings (SSSR count). The standard InChI is InChI=1S/C76H64B2N4/c1-45-17-27-57(28-18-45)79-65-35-25-49(5)37-61(65)77-63-43-64-68(44-67(63)81(59-31-21-47(3)22-32-59)71-41-55(39-69(79)75(71)77)73-51(7)13-11-14-52(73)8)82(60-33-23-48(4)24-34-60)72-42-56(74-53(9)15-12-16-54(74)10)40-70-76(72)78(64)62-38-50(6)26-36-66(62)80(70)58-29-19-46(2)20-30-58/h11-44H,1-10H3. The molecular formula is C76H64B2N4. The Balaban J connectivity index is 1.10. The Hall–Kier alpha value is -9.25. The van der Waals surface area contributed by atoms with E-state index in [-0.39, 0.29) is 13.4 Å². The van der Waals surface area contributed by atoms with Crippen molar-refractivity contribution in [1.82, 2.24) is 0 Å². The minimum absolute atomic E-state index is 0.0969. The van der Waals surface area contributed by atoms with Crippen molar-refractivity contribution in [2.45, 2.75) is 69.2 Å². The van der Waals surface area contributed by atoms with Crippen molar-refractivity contribution >= 4 is 114 Å². The van der Waals surface area contributed by atoms with Crippen molar-refractivity contribution in [1.29, 1.82) is 0 Å². The predicted molar refractivity (Wildman–Crippen MR) is 353 cm³/mol. The molecule has 0 radical (unpaired) electrons. The van der Waals surface area contributed by atoms with Crippen LogP contribution in [0.3, 0.4) is 0 Å². The zero-order valence-corrected chi connectivity index (χ0v) is 48.6. The normalized spacial score (nSPS) is 13.3. The molecule has 0 spiro atoms. The van der Waals surface area contributed by atoms with Crippen LogP contribution in [0.2, 0.25) is 0 Å². The summed E-state index contributed by atoms with van der Waals surface area (Å²) in [5, 5.41) is 0. The lowest BCUT2D eigenvalue weighted by Gasteiger charge is -2.47. The molecule has 4 aliphatic heterocycles. The molecule has 0 unspecified atom stereocenters. The first-order valence-electron chi connectivity index (χ1n) is 29.1. The van der Waals surface area contributed by atoms with Gasteiger partial charge in [0.05, 0.1) is 0 Å². The molecule has 11 aromatic carbocycles. The number of hydrogen-bond donors (Lipinski definition) is 0. The first-order valence-corrected chi connectivity index (χ1v) is 29.1. The van der Waals surface area contributed by atoms with Gasteiger partial charge >= 0.3 is 0 Å². The van der Waals surface area contributed by atoms with Crippen LogP contribution in [0.25, 0.3) is 22.3 Å². The maximum atomic E-state index is 2.67. The molecule has 4 aliphatic rings. The lowest BCUT2D eigenvalue weighted by atomic mass is 9.30. The van der Waals surface area contributed by atoms with Gasteiger partial charge in [-0.2, -0.15) is 0 Å². The van der Waals surface area contributed by atoms with Gasteiger partial charge in [0, 0.05) is 68.2 Å². The number of rotatable bonds is 6. The van der Waals surface area contributed by atoms with E-state index in [1.165, 1.54) is 156 Å². The molecule has 0 aromatic heterocycles. The molecule has 0 bridgehead atoms. The maximum absolute atomic E-state index is 2.67. The van der Waals surface area contributed by atoms with E-state index in [4.69, 9.17) is 0 Å². The van der Waals surface area contributed by atoms with Crippen LogP contribution in [-0.4, -0.2) is 13.4 Å². The van der Waals surface area contributed by atoms with Gasteiger partial charge in [-0.25, -0.2) is 0 Å². The van der Waals surface area contributed by atoms with Crippen molar-refractivity contribution in [2.24, 2.45) is 0 Å². The van der Waals surface area contributed by atoms with E-state index in [1.54, 1.807) is 0 Å².